The lowest BCUT2D eigenvalue weighted by molar-refractivity contribution is 0.897. The largest absolute Gasteiger partial charge is 0.225 e. The molecule has 1 radical (unpaired) electrons. The highest BCUT2D eigenvalue weighted by atomic mass is 32.2. The molecule has 0 bridgehead atoms. The molecule has 0 aromatic carbocycles. The minimum atomic E-state index is 1.17. The minimum absolute atomic E-state index is 1.17. The highest BCUT2D eigenvalue weighted by molar-refractivity contribution is 8.10. The van der Waals surface area contributed by atoms with Gasteiger partial charge in [0.15, 0.2) is 5.55 Å². The lowest BCUT2D eigenvalue weighted by Gasteiger charge is -1.87. The first-order valence-electron chi connectivity index (χ1n) is 1.26. The van der Waals surface area contributed by atoms with Crippen LogP contribution in [0.25, 0.3) is 0 Å². The molecule has 1 N–H and O–H groups in total. The van der Waals surface area contributed by atoms with Gasteiger partial charge >= 0.3 is 0 Å². The van der Waals surface area contributed by atoms with Crippen molar-refractivity contribution in [3.8, 4) is 0 Å². The van der Waals surface area contributed by atoms with Crippen molar-refractivity contribution >= 4 is 17.5 Å². The van der Waals surface area contributed by atoms with Crippen LogP contribution < -0.4 is 4.83 Å². The van der Waals surface area contributed by atoms with E-state index in [1.165, 1.54) is 11.9 Å². The Bertz CT molecular complexity index is 73.5. The maximum Gasteiger partial charge on any atom is 0.178 e. The van der Waals surface area contributed by atoms with E-state index in [9.17, 15) is 0 Å². The van der Waals surface area contributed by atoms with E-state index >= 15 is 0 Å². The first-order valence-corrected chi connectivity index (χ1v) is 2.07. The second-order valence-corrected chi connectivity index (χ2v) is 1.14. The zero-order chi connectivity index (χ0) is 4.24. The Balaban J connectivity index is 2.46. The second kappa shape index (κ2) is 1.76. The molecule has 0 aliphatic carbocycles. The Morgan fingerprint density at radius 3 is 2.83 bits per heavy atom. The molecule has 1 rings (SSSR count). The maximum absolute atomic E-state index is 3.29. The molecule has 6 heavy (non-hydrogen) atoms. The molecule has 5 heteroatoms. The summed E-state index contributed by atoms with van der Waals surface area (Å²) in [6.07, 6.45) is 0. The lowest BCUT2D eigenvalue weighted by atomic mass is 11.7. The SMILES string of the molecule is [C]1=NN=NNS1. The normalized spacial score (nSPS) is 17.3. The topological polar surface area (TPSA) is 49.1 Å². The van der Waals surface area contributed by atoms with E-state index in [0.717, 1.165) is 0 Å². The first kappa shape index (κ1) is 3.60. The van der Waals surface area contributed by atoms with E-state index < -0.39 is 0 Å². The van der Waals surface area contributed by atoms with Gasteiger partial charge in [0.1, 0.15) is 0 Å². The van der Waals surface area contributed by atoms with Crippen molar-refractivity contribution in [3.05, 3.63) is 0 Å². The summed E-state index contributed by atoms with van der Waals surface area (Å²) >= 11 is 1.17. The van der Waals surface area contributed by atoms with Crippen LogP contribution in [0.3, 0.4) is 0 Å². The van der Waals surface area contributed by atoms with Crippen molar-refractivity contribution in [2.45, 2.75) is 0 Å². The van der Waals surface area contributed by atoms with E-state index in [4.69, 9.17) is 0 Å². The van der Waals surface area contributed by atoms with E-state index in [1.807, 2.05) is 0 Å². The number of nitrogens with one attached hydrogen (secondary N) is 1. The van der Waals surface area contributed by atoms with Gasteiger partial charge in [0, 0.05) is 11.9 Å². The molecule has 0 aromatic heterocycles. The Morgan fingerprint density at radius 2 is 2.67 bits per heavy atom. The van der Waals surface area contributed by atoms with Crippen LogP contribution in [-0.4, -0.2) is 5.55 Å². The highest BCUT2D eigenvalue weighted by Gasteiger charge is 1.80. The van der Waals surface area contributed by atoms with Crippen molar-refractivity contribution in [2.75, 3.05) is 0 Å². The molecular formula is CHN4S. The van der Waals surface area contributed by atoms with Crippen molar-refractivity contribution < 1.29 is 0 Å². The monoisotopic (exact) mass is 101 g/mol. The molecule has 0 amide bonds. The van der Waals surface area contributed by atoms with Crippen LogP contribution in [-0.2, 0) is 0 Å². The molecule has 1 aliphatic heterocycles. The number of hydrogen-bond donors (Lipinski definition) is 1. The average Bonchev–Trinajstić information content (AvgIpc) is 1.72. The molecule has 0 atom stereocenters. The van der Waals surface area contributed by atoms with Crippen molar-refractivity contribution in [1.29, 1.82) is 0 Å². The van der Waals surface area contributed by atoms with Crippen LogP contribution >= 0.6 is 11.9 Å². The fourth-order valence-electron chi connectivity index (χ4n) is 0.120. The molecule has 31 valence electrons. The molecule has 4 nitrogen and oxygen atoms in total. The predicted octanol–water partition coefficient (Wildman–Crippen LogP) is 0.425. The predicted molar refractivity (Wildman–Crippen MR) is 23.0 cm³/mol. The van der Waals surface area contributed by atoms with Gasteiger partial charge in [-0.25, -0.2) is 4.83 Å². The molecule has 0 fully saturated rings. The summed E-state index contributed by atoms with van der Waals surface area (Å²) in [7, 11) is 0. The standard InChI is InChI=1S/CHN4S/c1-2-3-4-5-6-1/h(H,3,5). The summed E-state index contributed by atoms with van der Waals surface area (Å²) in [5, 5.41) is 9.76. The van der Waals surface area contributed by atoms with Gasteiger partial charge in [-0.05, 0) is 10.4 Å². The zero-order valence-electron chi connectivity index (χ0n) is 2.75. The summed E-state index contributed by atoms with van der Waals surface area (Å²) in [6.45, 7) is 0. The van der Waals surface area contributed by atoms with E-state index in [0.29, 0.717) is 0 Å². The molecule has 0 aromatic rings. The summed E-state index contributed by atoms with van der Waals surface area (Å²) in [5.41, 5.74) is 2.45. The van der Waals surface area contributed by atoms with Crippen molar-refractivity contribution in [2.24, 2.45) is 15.5 Å². The number of nitrogens with zero attached hydrogens (tertiary/aromatic N) is 3. The Kier molecular flexibility index (Phi) is 1.06. The fraction of sp³-hybridized carbons (Fsp3) is 0. The Hall–Kier alpha value is -0.580. The van der Waals surface area contributed by atoms with Crippen molar-refractivity contribution in [3.63, 3.8) is 0 Å². The molecule has 0 unspecified atom stereocenters. The molecule has 0 spiro atoms. The third-order valence-corrected chi connectivity index (χ3v) is 0.608. The van der Waals surface area contributed by atoms with Crippen LogP contribution in [0.1, 0.15) is 0 Å². The lowest BCUT2D eigenvalue weighted by Crippen LogP contribution is -1.91. The van der Waals surface area contributed by atoms with Crippen LogP contribution in [0.15, 0.2) is 15.5 Å². The van der Waals surface area contributed by atoms with Gasteiger partial charge in [-0.2, -0.15) is 0 Å². The minimum Gasteiger partial charge on any atom is -0.225 e. The summed E-state index contributed by atoms with van der Waals surface area (Å²) < 4.78 is 0. The Morgan fingerprint density at radius 1 is 1.67 bits per heavy atom. The van der Waals surface area contributed by atoms with Crippen LogP contribution in [0.4, 0.5) is 0 Å². The number of hydrogen-bond acceptors (Lipinski definition) is 5. The summed E-state index contributed by atoms with van der Waals surface area (Å²) in [5.74, 6) is 0. The third-order valence-electron chi connectivity index (χ3n) is 0.262. The third kappa shape index (κ3) is 0.682. The first-order chi connectivity index (χ1) is 3.00. The van der Waals surface area contributed by atoms with Gasteiger partial charge in [-0.1, -0.05) is 0 Å². The summed E-state index contributed by atoms with van der Waals surface area (Å²) in [6, 6.07) is 0. The van der Waals surface area contributed by atoms with Gasteiger partial charge < -0.3 is 0 Å². The van der Waals surface area contributed by atoms with Gasteiger partial charge in [0.05, 0.1) is 0 Å². The van der Waals surface area contributed by atoms with E-state index in [1.54, 1.807) is 0 Å². The van der Waals surface area contributed by atoms with E-state index in [-0.39, 0.29) is 0 Å². The van der Waals surface area contributed by atoms with Gasteiger partial charge in [0.2, 0.25) is 0 Å². The maximum atomic E-state index is 3.29. The Labute approximate surface area is 38.8 Å². The molecule has 0 saturated carbocycles. The molecule has 1 heterocycles. The quantitative estimate of drug-likeness (QED) is 0.450. The van der Waals surface area contributed by atoms with Gasteiger partial charge in [-0.3, -0.25) is 0 Å². The fourth-order valence-corrected chi connectivity index (χ4v) is 0.316. The molecular weight excluding hydrogens is 100 g/mol. The van der Waals surface area contributed by atoms with Crippen LogP contribution in [0.5, 0.6) is 0 Å². The summed E-state index contributed by atoms with van der Waals surface area (Å²) in [4.78, 5) is 2.45. The smallest absolute Gasteiger partial charge is 0.178 e. The van der Waals surface area contributed by atoms with Gasteiger partial charge in [-0.15, -0.1) is 5.10 Å². The number of rotatable bonds is 0. The van der Waals surface area contributed by atoms with Crippen LogP contribution in [0.2, 0.25) is 0 Å². The van der Waals surface area contributed by atoms with Crippen molar-refractivity contribution in [1.82, 2.24) is 4.83 Å². The highest BCUT2D eigenvalue weighted by Crippen LogP contribution is 1.92. The average molecular weight is 101 g/mol. The zero-order valence-corrected chi connectivity index (χ0v) is 3.57. The van der Waals surface area contributed by atoms with Crippen LogP contribution in [0, 0.1) is 0 Å². The molecule has 0 saturated heterocycles. The van der Waals surface area contributed by atoms with Gasteiger partial charge in [0.25, 0.3) is 0 Å². The van der Waals surface area contributed by atoms with E-state index in [2.05, 4.69) is 25.9 Å². The second-order valence-electron chi connectivity index (χ2n) is 0.574. The molecule has 1 aliphatic rings.